The van der Waals surface area contributed by atoms with Crippen molar-refractivity contribution in [2.45, 2.75) is 32.9 Å². The first-order valence-corrected chi connectivity index (χ1v) is 9.81. The molecule has 3 rings (SSSR count). The normalized spacial score (nSPS) is 11.5. The second-order valence-corrected chi connectivity index (χ2v) is 8.37. The third-order valence-electron chi connectivity index (χ3n) is 5.08. The lowest BCUT2D eigenvalue weighted by Gasteiger charge is -2.32. The van der Waals surface area contributed by atoms with Crippen LogP contribution in [0.25, 0.3) is 11.1 Å². The maximum atomic E-state index is 13.4. The monoisotopic (exact) mass is 423 g/mol. The van der Waals surface area contributed by atoms with Crippen molar-refractivity contribution in [2.24, 2.45) is 5.73 Å². The molecule has 0 bridgehead atoms. The Labute approximate surface area is 181 Å². The van der Waals surface area contributed by atoms with Gasteiger partial charge in [0.15, 0.2) is 0 Å². The van der Waals surface area contributed by atoms with Crippen LogP contribution < -0.4 is 10.5 Å². The van der Waals surface area contributed by atoms with E-state index in [0.717, 1.165) is 29.0 Å². The second kappa shape index (κ2) is 8.73. The summed E-state index contributed by atoms with van der Waals surface area (Å²) in [4.78, 5) is 17.7. The zero-order chi connectivity index (χ0) is 22.8. The number of phenolic OH excluding ortho intramolecular Hbond substituents is 1. The summed E-state index contributed by atoms with van der Waals surface area (Å²) < 4.78 is 19.2. The maximum Gasteiger partial charge on any atom is 0.254 e. The van der Waals surface area contributed by atoms with Crippen molar-refractivity contribution >= 4 is 5.91 Å². The summed E-state index contributed by atoms with van der Waals surface area (Å²) in [5.74, 6) is -0.961. The van der Waals surface area contributed by atoms with Crippen molar-refractivity contribution < 1.29 is 19.0 Å². The SMILES string of the molecule is CN(Cc1cc(O)ccc1-c1cccc(Oc2ncc(F)cc2C(N)=O)c1)C(C)(C)C. The third-order valence-corrected chi connectivity index (χ3v) is 5.08. The predicted octanol–water partition coefficient (Wildman–Crippen LogP) is 4.71. The number of benzene rings is 2. The molecule has 0 aliphatic rings. The van der Waals surface area contributed by atoms with Gasteiger partial charge in [-0.25, -0.2) is 9.37 Å². The molecule has 1 amide bonds. The van der Waals surface area contributed by atoms with Crippen molar-refractivity contribution in [3.63, 3.8) is 0 Å². The smallest absolute Gasteiger partial charge is 0.254 e. The van der Waals surface area contributed by atoms with Gasteiger partial charge in [0.2, 0.25) is 5.88 Å². The van der Waals surface area contributed by atoms with Gasteiger partial charge in [-0.3, -0.25) is 9.69 Å². The van der Waals surface area contributed by atoms with Gasteiger partial charge in [-0.1, -0.05) is 18.2 Å². The van der Waals surface area contributed by atoms with E-state index < -0.39 is 11.7 Å². The van der Waals surface area contributed by atoms with E-state index in [0.29, 0.717) is 12.3 Å². The molecule has 0 aliphatic carbocycles. The fourth-order valence-corrected chi connectivity index (χ4v) is 3.01. The molecule has 162 valence electrons. The molecule has 31 heavy (non-hydrogen) atoms. The number of pyridine rings is 1. The Bertz CT molecular complexity index is 1110. The molecule has 1 heterocycles. The van der Waals surface area contributed by atoms with Crippen molar-refractivity contribution in [1.82, 2.24) is 9.88 Å². The third kappa shape index (κ3) is 5.38. The molecule has 3 N–H and O–H groups in total. The van der Waals surface area contributed by atoms with Crippen LogP contribution in [0.15, 0.2) is 54.7 Å². The molecule has 0 aliphatic heterocycles. The first-order chi connectivity index (χ1) is 14.5. The van der Waals surface area contributed by atoms with Crippen LogP contribution in [0.2, 0.25) is 0 Å². The van der Waals surface area contributed by atoms with Gasteiger partial charge in [0.25, 0.3) is 5.91 Å². The quantitative estimate of drug-likeness (QED) is 0.599. The van der Waals surface area contributed by atoms with Gasteiger partial charge >= 0.3 is 0 Å². The van der Waals surface area contributed by atoms with Crippen molar-refractivity contribution in [3.05, 3.63) is 71.7 Å². The molecule has 0 spiro atoms. The Balaban J connectivity index is 1.97. The average Bonchev–Trinajstić information content (AvgIpc) is 2.69. The van der Waals surface area contributed by atoms with Gasteiger partial charge in [0.05, 0.1) is 6.20 Å². The Morgan fingerprint density at radius 2 is 1.94 bits per heavy atom. The van der Waals surface area contributed by atoms with E-state index in [2.05, 4.69) is 30.7 Å². The number of aromatic hydroxyl groups is 1. The molecule has 0 fully saturated rings. The van der Waals surface area contributed by atoms with Gasteiger partial charge in [-0.2, -0.15) is 0 Å². The minimum Gasteiger partial charge on any atom is -0.508 e. The summed E-state index contributed by atoms with van der Waals surface area (Å²) in [6.45, 7) is 6.99. The standard InChI is InChI=1S/C24H26FN3O3/c1-24(2,3)28(4)14-16-10-18(29)8-9-20(16)15-6-5-7-19(11-15)31-23-21(22(26)30)12-17(25)13-27-23/h5-13,29H,14H2,1-4H3,(H2,26,30). The number of halogens is 1. The van der Waals surface area contributed by atoms with Crippen molar-refractivity contribution in [1.29, 1.82) is 0 Å². The zero-order valence-electron chi connectivity index (χ0n) is 18.0. The molecule has 0 saturated heterocycles. The Hall–Kier alpha value is -3.45. The number of carbonyl (C=O) groups is 1. The number of primary amides is 1. The molecule has 1 aromatic heterocycles. The number of aromatic nitrogens is 1. The van der Waals surface area contributed by atoms with E-state index in [4.69, 9.17) is 10.5 Å². The number of phenols is 1. The van der Waals surface area contributed by atoms with Gasteiger partial charge < -0.3 is 15.6 Å². The summed E-state index contributed by atoms with van der Waals surface area (Å²) in [7, 11) is 2.03. The van der Waals surface area contributed by atoms with Crippen LogP contribution in [0.4, 0.5) is 4.39 Å². The van der Waals surface area contributed by atoms with Crippen molar-refractivity contribution in [2.75, 3.05) is 7.05 Å². The largest absolute Gasteiger partial charge is 0.508 e. The zero-order valence-corrected chi connectivity index (χ0v) is 18.0. The molecule has 2 aromatic carbocycles. The minimum absolute atomic E-state index is 0.0485. The van der Waals surface area contributed by atoms with E-state index in [9.17, 15) is 14.3 Å². The van der Waals surface area contributed by atoms with Crippen LogP contribution in [0, 0.1) is 5.82 Å². The highest BCUT2D eigenvalue weighted by molar-refractivity contribution is 5.95. The molecular formula is C24H26FN3O3. The van der Waals surface area contributed by atoms with E-state index in [1.807, 2.05) is 25.2 Å². The Kier molecular flexibility index (Phi) is 6.27. The van der Waals surface area contributed by atoms with Gasteiger partial charge in [0.1, 0.15) is 22.9 Å². The van der Waals surface area contributed by atoms with E-state index in [1.165, 1.54) is 0 Å². The summed E-state index contributed by atoms with van der Waals surface area (Å²) in [6, 6.07) is 13.5. The van der Waals surface area contributed by atoms with Crippen LogP contribution in [0.5, 0.6) is 17.4 Å². The first kappa shape index (κ1) is 22.2. The molecule has 0 atom stereocenters. The molecule has 6 nitrogen and oxygen atoms in total. The highest BCUT2D eigenvalue weighted by Gasteiger charge is 2.19. The summed E-state index contributed by atoms with van der Waals surface area (Å²) in [6.07, 6.45) is 0.964. The number of nitrogens with zero attached hydrogens (tertiary/aromatic N) is 2. The average molecular weight is 423 g/mol. The number of carbonyl (C=O) groups excluding carboxylic acids is 1. The fourth-order valence-electron chi connectivity index (χ4n) is 3.01. The van der Waals surface area contributed by atoms with Crippen LogP contribution in [-0.2, 0) is 6.54 Å². The highest BCUT2D eigenvalue weighted by Crippen LogP contribution is 2.33. The first-order valence-electron chi connectivity index (χ1n) is 9.81. The molecule has 0 saturated carbocycles. The number of ether oxygens (including phenoxy) is 1. The second-order valence-electron chi connectivity index (χ2n) is 8.37. The topological polar surface area (TPSA) is 88.7 Å². The lowest BCUT2D eigenvalue weighted by molar-refractivity contribution is 0.0997. The molecule has 0 radical (unpaired) electrons. The molecule has 3 aromatic rings. The van der Waals surface area contributed by atoms with Gasteiger partial charge in [-0.05, 0) is 74.8 Å². The van der Waals surface area contributed by atoms with Gasteiger partial charge in [-0.15, -0.1) is 0 Å². The van der Waals surface area contributed by atoms with E-state index >= 15 is 0 Å². The summed E-state index contributed by atoms with van der Waals surface area (Å²) >= 11 is 0. The van der Waals surface area contributed by atoms with Crippen LogP contribution in [0.1, 0.15) is 36.7 Å². The minimum atomic E-state index is -0.829. The van der Waals surface area contributed by atoms with Crippen molar-refractivity contribution in [3.8, 4) is 28.5 Å². The number of hydrogen-bond donors (Lipinski definition) is 2. The highest BCUT2D eigenvalue weighted by atomic mass is 19.1. The molecule has 7 heteroatoms. The summed E-state index contributed by atoms with van der Waals surface area (Å²) in [5, 5.41) is 10.0. The van der Waals surface area contributed by atoms with Crippen LogP contribution >= 0.6 is 0 Å². The van der Waals surface area contributed by atoms with Crippen LogP contribution in [0.3, 0.4) is 0 Å². The lowest BCUT2D eigenvalue weighted by atomic mass is 9.97. The molecular weight excluding hydrogens is 397 g/mol. The number of nitrogens with two attached hydrogens (primary N) is 1. The van der Waals surface area contributed by atoms with Gasteiger partial charge in [0, 0.05) is 12.1 Å². The fraction of sp³-hybridized carbons (Fsp3) is 0.250. The number of rotatable bonds is 6. The number of hydrogen-bond acceptors (Lipinski definition) is 5. The van der Waals surface area contributed by atoms with E-state index in [-0.39, 0.29) is 22.7 Å². The van der Waals surface area contributed by atoms with Crippen LogP contribution in [-0.4, -0.2) is 33.5 Å². The Morgan fingerprint density at radius 1 is 1.19 bits per heavy atom. The Morgan fingerprint density at radius 3 is 2.61 bits per heavy atom. The molecule has 0 unspecified atom stereocenters. The number of amides is 1. The van der Waals surface area contributed by atoms with E-state index in [1.54, 1.807) is 24.3 Å². The summed E-state index contributed by atoms with van der Waals surface area (Å²) in [5.41, 5.74) is 7.88. The predicted molar refractivity (Wildman–Crippen MR) is 118 cm³/mol. The lowest BCUT2D eigenvalue weighted by Crippen LogP contribution is -2.37. The maximum absolute atomic E-state index is 13.4.